The molecule has 0 heterocycles. The van der Waals surface area contributed by atoms with Gasteiger partial charge in [0.25, 0.3) is 17.3 Å². The van der Waals surface area contributed by atoms with Gasteiger partial charge in [-0.2, -0.15) is 0 Å². The van der Waals surface area contributed by atoms with Crippen LogP contribution in [0.2, 0.25) is 0 Å². The summed E-state index contributed by atoms with van der Waals surface area (Å²) >= 11 is 5.36. The van der Waals surface area contributed by atoms with E-state index in [9.17, 15) is 30.1 Å². The van der Waals surface area contributed by atoms with Crippen LogP contribution in [0.5, 0.6) is 5.75 Å². The quantitative estimate of drug-likeness (QED) is 0.166. The van der Waals surface area contributed by atoms with Gasteiger partial charge in [-0.05, 0) is 46.8 Å². The van der Waals surface area contributed by atoms with Gasteiger partial charge in [0.2, 0.25) is 0 Å². The lowest BCUT2D eigenvalue weighted by molar-refractivity contribution is -0.385. The number of nitro groups is 2. The number of phenolic OH excluding ortho intramolecular Hbond substituents is 1. The summed E-state index contributed by atoms with van der Waals surface area (Å²) in [6.07, 6.45) is 0. The van der Waals surface area contributed by atoms with Crippen molar-refractivity contribution >= 4 is 45.4 Å². The third-order valence-electron chi connectivity index (χ3n) is 5.56. The van der Waals surface area contributed by atoms with Gasteiger partial charge in [0.05, 0.1) is 15.9 Å². The highest BCUT2D eigenvalue weighted by Gasteiger charge is 2.23. The highest BCUT2D eigenvalue weighted by Crippen LogP contribution is 2.36. The van der Waals surface area contributed by atoms with Gasteiger partial charge < -0.3 is 10.4 Å². The minimum absolute atomic E-state index is 0.0425. The van der Waals surface area contributed by atoms with Gasteiger partial charge in [0.1, 0.15) is 5.75 Å². The molecule has 4 aromatic carbocycles. The molecular weight excluding hydrogens is 498 g/mol. The van der Waals surface area contributed by atoms with Crippen LogP contribution in [0, 0.1) is 20.2 Å². The first kappa shape index (κ1) is 25.0. The first-order valence-electron chi connectivity index (χ1n) is 10.8. The maximum atomic E-state index is 12.5. The predicted octanol–water partition coefficient (Wildman–Crippen LogP) is 4.26. The second-order valence-electron chi connectivity index (χ2n) is 7.86. The van der Waals surface area contributed by atoms with Crippen molar-refractivity contribution in [1.82, 2.24) is 16.2 Å². The van der Waals surface area contributed by atoms with E-state index in [1.807, 2.05) is 18.2 Å². The molecule has 186 valence electrons. The number of nitro benzene ring substituents is 2. The Morgan fingerprint density at radius 3 is 2.24 bits per heavy atom. The summed E-state index contributed by atoms with van der Waals surface area (Å²) in [5, 5.41) is 37.5. The highest BCUT2D eigenvalue weighted by molar-refractivity contribution is 7.80. The van der Waals surface area contributed by atoms with Crippen LogP contribution in [0.25, 0.3) is 10.8 Å². The summed E-state index contributed by atoms with van der Waals surface area (Å²) in [4.78, 5) is 33.6. The predicted molar refractivity (Wildman–Crippen MR) is 140 cm³/mol. The van der Waals surface area contributed by atoms with Gasteiger partial charge in [-0.3, -0.25) is 35.9 Å². The van der Waals surface area contributed by atoms with Gasteiger partial charge in [-0.15, -0.1) is 0 Å². The molecule has 11 nitrogen and oxygen atoms in total. The number of nitrogens with one attached hydrogen (secondary N) is 3. The number of rotatable bonds is 6. The van der Waals surface area contributed by atoms with E-state index in [1.165, 1.54) is 48.5 Å². The number of benzene rings is 4. The number of phenols is 1. The number of non-ortho nitro benzene ring substituents is 2. The molecule has 1 amide bonds. The molecule has 0 aliphatic rings. The Bertz CT molecular complexity index is 1530. The van der Waals surface area contributed by atoms with Crippen molar-refractivity contribution < 1.29 is 19.7 Å². The van der Waals surface area contributed by atoms with Crippen LogP contribution in [0.15, 0.2) is 84.9 Å². The fourth-order valence-corrected chi connectivity index (χ4v) is 3.98. The van der Waals surface area contributed by atoms with E-state index in [-0.39, 0.29) is 27.8 Å². The topological polar surface area (TPSA) is 160 Å². The van der Waals surface area contributed by atoms with E-state index in [0.717, 1.165) is 5.39 Å². The van der Waals surface area contributed by atoms with E-state index in [4.69, 9.17) is 12.2 Å². The fourth-order valence-electron chi connectivity index (χ4n) is 3.81. The standard InChI is InChI=1S/C25H19N5O6S/c31-21-13-10-15-4-1-2-7-20(15)22(21)23(17-5-3-6-19(14-17)30(35)36)26-25(37)28-27-24(32)16-8-11-18(12-9-16)29(33)34/h1-14,23,31H,(H,27,32)(H2,26,28,37). The molecule has 37 heavy (non-hydrogen) atoms. The Balaban J connectivity index is 1.62. The highest BCUT2D eigenvalue weighted by atomic mass is 32.1. The fraction of sp³-hybridized carbons (Fsp3) is 0.0400. The molecule has 0 aliphatic heterocycles. The van der Waals surface area contributed by atoms with Crippen LogP contribution >= 0.6 is 12.2 Å². The summed E-state index contributed by atoms with van der Waals surface area (Å²) in [6.45, 7) is 0. The van der Waals surface area contributed by atoms with Crippen molar-refractivity contribution in [2.24, 2.45) is 0 Å². The Kier molecular flexibility index (Phi) is 7.21. The second kappa shape index (κ2) is 10.7. The first-order chi connectivity index (χ1) is 17.7. The number of thiocarbonyl (C=S) groups is 1. The minimum Gasteiger partial charge on any atom is -0.508 e. The van der Waals surface area contributed by atoms with E-state index < -0.39 is 21.8 Å². The van der Waals surface area contributed by atoms with Crippen molar-refractivity contribution in [3.8, 4) is 5.75 Å². The third-order valence-corrected chi connectivity index (χ3v) is 5.78. The van der Waals surface area contributed by atoms with E-state index in [1.54, 1.807) is 18.2 Å². The number of amides is 1. The molecule has 0 radical (unpaired) electrons. The van der Waals surface area contributed by atoms with Crippen LogP contribution in [-0.4, -0.2) is 26.0 Å². The molecule has 12 heteroatoms. The number of carbonyl (C=O) groups is 1. The monoisotopic (exact) mass is 517 g/mol. The molecule has 0 aromatic heterocycles. The second-order valence-corrected chi connectivity index (χ2v) is 8.27. The number of hydrogen-bond donors (Lipinski definition) is 4. The van der Waals surface area contributed by atoms with Crippen LogP contribution in [0.3, 0.4) is 0 Å². The molecule has 1 unspecified atom stereocenters. The summed E-state index contributed by atoms with van der Waals surface area (Å²) < 4.78 is 0. The van der Waals surface area contributed by atoms with Crippen molar-refractivity contribution in [2.75, 3.05) is 0 Å². The van der Waals surface area contributed by atoms with Gasteiger partial charge in [0.15, 0.2) is 5.11 Å². The first-order valence-corrected chi connectivity index (χ1v) is 11.2. The third kappa shape index (κ3) is 5.60. The van der Waals surface area contributed by atoms with Crippen LogP contribution < -0.4 is 16.2 Å². The number of nitrogens with zero attached hydrogens (tertiary/aromatic N) is 2. The number of aromatic hydroxyl groups is 1. The summed E-state index contributed by atoms with van der Waals surface area (Å²) in [7, 11) is 0. The Labute approximate surface area is 215 Å². The average Bonchev–Trinajstić information content (AvgIpc) is 2.90. The lowest BCUT2D eigenvalue weighted by atomic mass is 9.92. The van der Waals surface area contributed by atoms with Gasteiger partial charge in [0, 0.05) is 35.4 Å². The van der Waals surface area contributed by atoms with Crippen LogP contribution in [-0.2, 0) is 0 Å². The molecule has 0 saturated carbocycles. The van der Waals surface area contributed by atoms with Crippen molar-refractivity contribution in [1.29, 1.82) is 0 Å². The largest absolute Gasteiger partial charge is 0.508 e. The van der Waals surface area contributed by atoms with Crippen LogP contribution in [0.4, 0.5) is 11.4 Å². The number of fused-ring (bicyclic) bond motifs is 1. The molecular formula is C25H19N5O6S. The smallest absolute Gasteiger partial charge is 0.269 e. The van der Waals surface area contributed by atoms with Crippen LogP contribution in [0.1, 0.15) is 27.5 Å². The zero-order chi connectivity index (χ0) is 26.5. The van der Waals surface area contributed by atoms with Crippen molar-refractivity contribution in [2.45, 2.75) is 6.04 Å². The Morgan fingerprint density at radius 2 is 1.54 bits per heavy atom. The van der Waals surface area contributed by atoms with Crippen molar-refractivity contribution in [3.63, 3.8) is 0 Å². The maximum Gasteiger partial charge on any atom is 0.269 e. The zero-order valence-corrected chi connectivity index (χ0v) is 19.8. The maximum absolute atomic E-state index is 12.5. The molecule has 0 spiro atoms. The molecule has 0 aliphatic carbocycles. The molecule has 0 saturated heterocycles. The van der Waals surface area contributed by atoms with E-state index >= 15 is 0 Å². The lowest BCUT2D eigenvalue weighted by Crippen LogP contribution is -2.47. The Hall–Kier alpha value is -5.10. The molecule has 4 rings (SSSR count). The minimum atomic E-state index is -0.831. The molecule has 4 aromatic rings. The molecule has 0 fully saturated rings. The normalized spacial score (nSPS) is 11.4. The summed E-state index contributed by atoms with van der Waals surface area (Å²) in [6, 6.07) is 20.7. The van der Waals surface area contributed by atoms with E-state index in [0.29, 0.717) is 16.5 Å². The number of carbonyl (C=O) groups excluding carboxylic acids is 1. The van der Waals surface area contributed by atoms with E-state index in [2.05, 4.69) is 16.2 Å². The summed E-state index contributed by atoms with van der Waals surface area (Å²) in [5.41, 5.74) is 5.71. The number of hydrazine groups is 1. The molecule has 4 N–H and O–H groups in total. The summed E-state index contributed by atoms with van der Waals surface area (Å²) in [5.74, 6) is -0.653. The number of hydrogen-bond acceptors (Lipinski definition) is 7. The average molecular weight is 518 g/mol. The zero-order valence-electron chi connectivity index (χ0n) is 19.0. The SMILES string of the molecule is O=C(NNC(=S)NC(c1cccc([N+](=O)[O-])c1)c1c(O)ccc2ccccc12)c1ccc([N+](=O)[O-])cc1. The lowest BCUT2D eigenvalue weighted by Gasteiger charge is -2.24. The Morgan fingerprint density at radius 1 is 0.838 bits per heavy atom. The van der Waals surface area contributed by atoms with Crippen molar-refractivity contribution in [3.05, 3.63) is 122 Å². The van der Waals surface area contributed by atoms with Gasteiger partial charge >= 0.3 is 0 Å². The molecule has 0 bridgehead atoms. The van der Waals surface area contributed by atoms with Gasteiger partial charge in [-0.25, -0.2) is 0 Å². The van der Waals surface area contributed by atoms with Gasteiger partial charge in [-0.1, -0.05) is 42.5 Å². The molecule has 1 atom stereocenters.